The Labute approximate surface area is 150 Å². The Morgan fingerprint density at radius 2 is 1.68 bits per heavy atom. The van der Waals surface area contributed by atoms with Crippen molar-refractivity contribution in [2.24, 2.45) is 5.92 Å². The molecule has 22 heavy (non-hydrogen) atoms. The summed E-state index contributed by atoms with van der Waals surface area (Å²) in [5, 5.41) is 1.04. The predicted molar refractivity (Wildman–Crippen MR) is 103 cm³/mol. The Bertz CT molecular complexity index is 249. The summed E-state index contributed by atoms with van der Waals surface area (Å²) < 4.78 is 5.40. The maximum absolute atomic E-state index is 12.0. The van der Waals surface area contributed by atoms with E-state index in [9.17, 15) is 4.79 Å². The molecule has 132 valence electrons. The zero-order valence-electron chi connectivity index (χ0n) is 14.6. The first-order valence-corrected chi connectivity index (χ1v) is 11.3. The predicted octanol–water partition coefficient (Wildman–Crippen LogP) is 6.21. The molecule has 0 aromatic rings. The minimum Gasteiger partial charge on any atom is -0.465 e. The van der Waals surface area contributed by atoms with Crippen molar-refractivity contribution in [1.29, 1.82) is 0 Å². The third kappa shape index (κ3) is 13.9. The zero-order valence-corrected chi connectivity index (χ0v) is 17.0. The molecule has 0 saturated carbocycles. The first-order chi connectivity index (χ1) is 10.8. The van der Waals surface area contributed by atoms with Gasteiger partial charge in [-0.3, -0.25) is 4.79 Å². The van der Waals surface area contributed by atoms with Crippen LogP contribution in [0.4, 0.5) is 0 Å². The Balaban J connectivity index is 3.54. The van der Waals surface area contributed by atoms with Crippen LogP contribution in [-0.4, -0.2) is 29.4 Å². The number of ether oxygens (including phenoxy) is 1. The highest BCUT2D eigenvalue weighted by atomic mass is 79.9. The molecule has 0 bridgehead atoms. The van der Waals surface area contributed by atoms with Gasteiger partial charge in [-0.15, -0.1) is 0 Å². The lowest BCUT2D eigenvalue weighted by Gasteiger charge is -2.14. The molecule has 1 atom stereocenters. The molecule has 0 aromatic carbocycles. The van der Waals surface area contributed by atoms with E-state index in [0.29, 0.717) is 6.61 Å². The lowest BCUT2D eigenvalue weighted by molar-refractivity contribution is -0.147. The van der Waals surface area contributed by atoms with Crippen LogP contribution < -0.4 is 0 Å². The molecule has 0 radical (unpaired) electrons. The summed E-state index contributed by atoms with van der Waals surface area (Å²) in [7, 11) is 0. The molecular formula is C18H35BrO2S. The Morgan fingerprint density at radius 1 is 1.00 bits per heavy atom. The van der Waals surface area contributed by atoms with Crippen LogP contribution in [0, 0.1) is 5.92 Å². The molecule has 0 aliphatic carbocycles. The summed E-state index contributed by atoms with van der Waals surface area (Å²) in [5.74, 6) is 2.20. The first-order valence-electron chi connectivity index (χ1n) is 9.06. The highest BCUT2D eigenvalue weighted by Crippen LogP contribution is 2.17. The molecule has 0 saturated heterocycles. The highest BCUT2D eigenvalue weighted by Gasteiger charge is 2.17. The number of alkyl halides is 1. The first kappa shape index (κ1) is 22.3. The van der Waals surface area contributed by atoms with Gasteiger partial charge in [-0.05, 0) is 37.9 Å². The quantitative estimate of drug-likeness (QED) is 0.176. The molecule has 0 amide bonds. The number of thioether (sulfide) groups is 1. The lowest BCUT2D eigenvalue weighted by Crippen LogP contribution is -2.20. The van der Waals surface area contributed by atoms with E-state index in [1.54, 1.807) is 0 Å². The molecular weight excluding hydrogens is 360 g/mol. The molecule has 1 unspecified atom stereocenters. The number of hydrogen-bond donors (Lipinski definition) is 0. The van der Waals surface area contributed by atoms with E-state index in [2.05, 4.69) is 29.8 Å². The van der Waals surface area contributed by atoms with Crippen LogP contribution in [0.15, 0.2) is 0 Å². The van der Waals surface area contributed by atoms with E-state index >= 15 is 0 Å². The number of unbranched alkanes of at least 4 members (excludes halogenated alkanes) is 7. The van der Waals surface area contributed by atoms with Crippen molar-refractivity contribution in [2.75, 3.05) is 23.4 Å². The van der Waals surface area contributed by atoms with E-state index in [0.717, 1.165) is 36.8 Å². The van der Waals surface area contributed by atoms with Crippen LogP contribution in [-0.2, 0) is 9.53 Å². The van der Waals surface area contributed by atoms with Crippen molar-refractivity contribution in [3.8, 4) is 0 Å². The molecule has 2 nitrogen and oxygen atoms in total. The fourth-order valence-electron chi connectivity index (χ4n) is 2.23. The fraction of sp³-hybridized carbons (Fsp3) is 0.944. The summed E-state index contributed by atoms with van der Waals surface area (Å²) in [5.41, 5.74) is 0. The number of carbonyl (C=O) groups excluding carboxylic acids is 1. The second kappa shape index (κ2) is 17.7. The Hall–Kier alpha value is 0.300. The van der Waals surface area contributed by atoms with Gasteiger partial charge in [0.2, 0.25) is 0 Å². The summed E-state index contributed by atoms with van der Waals surface area (Å²) in [4.78, 5) is 12.0. The maximum Gasteiger partial charge on any atom is 0.309 e. The van der Waals surface area contributed by atoms with Gasteiger partial charge >= 0.3 is 5.97 Å². The Morgan fingerprint density at radius 3 is 2.36 bits per heavy atom. The van der Waals surface area contributed by atoms with Crippen molar-refractivity contribution in [3.63, 3.8) is 0 Å². The summed E-state index contributed by atoms with van der Waals surface area (Å²) >= 11 is 5.33. The largest absolute Gasteiger partial charge is 0.465 e. The van der Waals surface area contributed by atoms with Gasteiger partial charge in [-0.1, -0.05) is 61.9 Å². The van der Waals surface area contributed by atoms with E-state index < -0.39 is 0 Å². The Kier molecular flexibility index (Phi) is 17.9. The molecule has 4 heteroatoms. The normalized spacial score (nSPS) is 12.3. The lowest BCUT2D eigenvalue weighted by atomic mass is 10.1. The second-order valence-corrected chi connectivity index (χ2v) is 7.81. The minimum absolute atomic E-state index is 0.0109. The molecule has 0 rings (SSSR count). The van der Waals surface area contributed by atoms with Gasteiger partial charge in [0.1, 0.15) is 0 Å². The van der Waals surface area contributed by atoms with Crippen LogP contribution in [0.25, 0.3) is 0 Å². The van der Waals surface area contributed by atoms with Gasteiger partial charge in [0.15, 0.2) is 0 Å². The number of hydrogen-bond acceptors (Lipinski definition) is 3. The SMILES string of the molecule is CCCCCCCCSCC(CC)C(=O)OCCCCCBr. The topological polar surface area (TPSA) is 26.3 Å². The van der Waals surface area contributed by atoms with Crippen LogP contribution in [0.1, 0.15) is 78.1 Å². The summed E-state index contributed by atoms with van der Waals surface area (Å²) in [6.45, 7) is 4.92. The second-order valence-electron chi connectivity index (χ2n) is 5.86. The van der Waals surface area contributed by atoms with Crippen molar-refractivity contribution >= 4 is 33.7 Å². The fourth-order valence-corrected chi connectivity index (χ4v) is 3.85. The van der Waals surface area contributed by atoms with Crippen molar-refractivity contribution < 1.29 is 9.53 Å². The molecule has 0 N–H and O–H groups in total. The third-order valence-corrected chi connectivity index (χ3v) is 5.59. The zero-order chi connectivity index (χ0) is 16.5. The number of rotatable bonds is 16. The van der Waals surface area contributed by atoms with E-state index in [4.69, 9.17) is 4.74 Å². The summed E-state index contributed by atoms with van der Waals surface area (Å²) in [6.07, 6.45) is 12.2. The summed E-state index contributed by atoms with van der Waals surface area (Å²) in [6, 6.07) is 0. The molecule has 0 aromatic heterocycles. The van der Waals surface area contributed by atoms with Gasteiger partial charge in [-0.25, -0.2) is 0 Å². The van der Waals surface area contributed by atoms with Gasteiger partial charge in [0.05, 0.1) is 12.5 Å². The minimum atomic E-state index is 0.0109. The van der Waals surface area contributed by atoms with Crippen LogP contribution >= 0.6 is 27.7 Å². The number of esters is 1. The van der Waals surface area contributed by atoms with Gasteiger partial charge < -0.3 is 4.74 Å². The van der Waals surface area contributed by atoms with Crippen molar-refractivity contribution in [2.45, 2.75) is 78.1 Å². The van der Waals surface area contributed by atoms with E-state index in [1.165, 1.54) is 44.3 Å². The average molecular weight is 395 g/mol. The number of halogens is 1. The van der Waals surface area contributed by atoms with Gasteiger partial charge in [-0.2, -0.15) is 11.8 Å². The maximum atomic E-state index is 12.0. The molecule has 0 spiro atoms. The van der Waals surface area contributed by atoms with Crippen molar-refractivity contribution in [1.82, 2.24) is 0 Å². The third-order valence-electron chi connectivity index (χ3n) is 3.81. The standard InChI is InChI=1S/C18H35BrO2S/c1-3-5-6-7-8-12-15-22-16-17(4-2)18(20)21-14-11-9-10-13-19/h17H,3-16H2,1-2H3. The van der Waals surface area contributed by atoms with E-state index in [-0.39, 0.29) is 11.9 Å². The van der Waals surface area contributed by atoms with Crippen LogP contribution in [0.2, 0.25) is 0 Å². The monoisotopic (exact) mass is 394 g/mol. The average Bonchev–Trinajstić information content (AvgIpc) is 2.53. The van der Waals surface area contributed by atoms with Crippen LogP contribution in [0.3, 0.4) is 0 Å². The van der Waals surface area contributed by atoms with Crippen molar-refractivity contribution in [3.05, 3.63) is 0 Å². The smallest absolute Gasteiger partial charge is 0.309 e. The molecule has 0 fully saturated rings. The van der Waals surface area contributed by atoms with E-state index in [1.807, 2.05) is 11.8 Å². The van der Waals surface area contributed by atoms with Gasteiger partial charge in [0, 0.05) is 11.1 Å². The van der Waals surface area contributed by atoms with Gasteiger partial charge in [0.25, 0.3) is 0 Å². The molecule has 0 heterocycles. The molecule has 0 aliphatic heterocycles. The molecule has 0 aliphatic rings. The highest BCUT2D eigenvalue weighted by molar-refractivity contribution is 9.09. The van der Waals surface area contributed by atoms with Crippen LogP contribution in [0.5, 0.6) is 0 Å². The number of carbonyl (C=O) groups is 1.